The topological polar surface area (TPSA) is 17.6 Å². The molecule has 6 heteroatoms. The van der Waals surface area contributed by atoms with Crippen molar-refractivity contribution in [1.82, 2.24) is 9.19 Å². The van der Waals surface area contributed by atoms with Crippen LogP contribution in [0.15, 0.2) is 85.5 Å². The summed E-state index contributed by atoms with van der Waals surface area (Å²) in [6.45, 7) is 9.39. The standard InChI is InChI=1S/C34H50B2N4/c1-5-9-23-35(24-10-6-2)37-27-33(31-19-15-13-16-20-31)29-39(37)36(25-11-7-3,26-12-8-4)40-30-34(28-38(35)40)32-21-17-14-18-22-32/h13-22,27-30H,5-12,23-26H2,1-4H3. The molecule has 4 aromatic rings. The van der Waals surface area contributed by atoms with Gasteiger partial charge >= 0.3 is 12.8 Å². The van der Waals surface area contributed by atoms with Gasteiger partial charge in [-0.05, 0) is 11.1 Å². The molecule has 40 heavy (non-hydrogen) atoms. The van der Waals surface area contributed by atoms with Gasteiger partial charge in [0.1, 0.15) is 12.4 Å². The zero-order valence-electron chi connectivity index (χ0n) is 25.5. The molecule has 0 amide bonds. The van der Waals surface area contributed by atoms with Crippen LogP contribution in [0.4, 0.5) is 0 Å². The van der Waals surface area contributed by atoms with Crippen molar-refractivity contribution in [2.45, 2.75) is 104 Å². The van der Waals surface area contributed by atoms with E-state index in [4.69, 9.17) is 0 Å². The lowest BCUT2D eigenvalue weighted by Crippen LogP contribution is -2.91. The summed E-state index contributed by atoms with van der Waals surface area (Å²) in [6.07, 6.45) is 22.7. The van der Waals surface area contributed by atoms with Crippen LogP contribution in [-0.2, 0) is 0 Å². The van der Waals surface area contributed by atoms with E-state index in [0.717, 1.165) is 0 Å². The average molecular weight is 536 g/mol. The highest BCUT2D eigenvalue weighted by atomic mass is 15.5. The maximum absolute atomic E-state index is 2.79. The fourth-order valence-electron chi connectivity index (χ4n) is 7.72. The third-order valence-electron chi connectivity index (χ3n) is 9.88. The molecule has 0 aliphatic carbocycles. The minimum Gasteiger partial charge on any atom is -0.342 e. The second kappa shape index (κ2) is 12.7. The monoisotopic (exact) mass is 536 g/mol. The summed E-state index contributed by atoms with van der Waals surface area (Å²) in [5.41, 5.74) is 5.35. The molecule has 4 nitrogen and oxygen atoms in total. The minimum atomic E-state index is -1.05. The molecule has 0 bridgehead atoms. The van der Waals surface area contributed by atoms with Crippen LogP contribution in [0, 0.1) is 0 Å². The van der Waals surface area contributed by atoms with E-state index in [2.05, 4.69) is 132 Å². The lowest BCUT2D eigenvalue weighted by atomic mass is 9.35. The van der Waals surface area contributed by atoms with Crippen LogP contribution in [0.3, 0.4) is 0 Å². The zero-order valence-corrected chi connectivity index (χ0v) is 25.5. The molecule has 0 unspecified atom stereocenters. The van der Waals surface area contributed by atoms with Crippen LogP contribution in [0.25, 0.3) is 22.3 Å². The van der Waals surface area contributed by atoms with Gasteiger partial charge in [0, 0.05) is 12.4 Å². The number of nitrogens with zero attached hydrogens (tertiary/aromatic N) is 4. The molecule has 1 aliphatic rings. The molecule has 5 rings (SSSR count). The summed E-state index contributed by atoms with van der Waals surface area (Å²) in [4.78, 5) is 0. The third kappa shape index (κ3) is 5.10. The molecule has 0 spiro atoms. The second-order valence-corrected chi connectivity index (χ2v) is 12.5. The van der Waals surface area contributed by atoms with Crippen molar-refractivity contribution in [3.63, 3.8) is 0 Å². The Morgan fingerprint density at radius 2 is 0.800 bits per heavy atom. The van der Waals surface area contributed by atoms with Crippen LogP contribution in [-0.4, -0.2) is 22.0 Å². The van der Waals surface area contributed by atoms with Crippen LogP contribution in [0.1, 0.15) is 79.1 Å². The summed E-state index contributed by atoms with van der Waals surface area (Å²) in [5.74, 6) is 0. The van der Waals surface area contributed by atoms with Crippen molar-refractivity contribution < 1.29 is 9.19 Å². The molecule has 0 saturated carbocycles. The summed E-state index contributed by atoms with van der Waals surface area (Å²) in [6, 6.07) is 22.1. The minimum absolute atomic E-state index is 1.05. The molecule has 0 N–H and O–H groups in total. The van der Waals surface area contributed by atoms with E-state index in [0.29, 0.717) is 0 Å². The second-order valence-electron chi connectivity index (χ2n) is 12.5. The summed E-state index contributed by atoms with van der Waals surface area (Å²) in [7, 11) is 0. The Kier molecular flexibility index (Phi) is 9.03. The SMILES string of the molecule is CCCC[B-]1(CCCC)n2cc(-c3ccccc3)c[n+]2[B-](CCCC)(CCCC)n2cc(-c3ccccc3)c[n+]21. The van der Waals surface area contributed by atoms with E-state index in [9.17, 15) is 0 Å². The number of benzene rings is 2. The maximum Gasteiger partial charge on any atom is 0.439 e. The number of aromatic nitrogens is 4. The fourth-order valence-corrected chi connectivity index (χ4v) is 7.72. The van der Waals surface area contributed by atoms with E-state index in [1.54, 1.807) is 0 Å². The Bertz CT molecular complexity index is 1190. The van der Waals surface area contributed by atoms with Crippen LogP contribution >= 0.6 is 0 Å². The summed E-state index contributed by atoms with van der Waals surface area (Å²) >= 11 is 0. The predicted molar refractivity (Wildman–Crippen MR) is 172 cm³/mol. The van der Waals surface area contributed by atoms with Gasteiger partial charge < -0.3 is 18.4 Å². The maximum atomic E-state index is 2.79. The highest BCUT2D eigenvalue weighted by Gasteiger charge is 2.56. The summed E-state index contributed by atoms with van der Waals surface area (Å²) in [5, 5.41) is 0. The first kappa shape index (κ1) is 28.5. The Hall–Kier alpha value is -3.01. The van der Waals surface area contributed by atoms with Crippen molar-refractivity contribution in [2.75, 3.05) is 0 Å². The first-order valence-electron chi connectivity index (χ1n) is 16.4. The Balaban J connectivity index is 1.83. The van der Waals surface area contributed by atoms with E-state index in [1.807, 2.05) is 0 Å². The van der Waals surface area contributed by atoms with Gasteiger partial charge in [0.25, 0.3) is 0 Å². The normalized spacial score (nSPS) is 15.1. The Morgan fingerprint density at radius 3 is 1.10 bits per heavy atom. The van der Waals surface area contributed by atoms with Crippen LogP contribution in [0.2, 0.25) is 25.3 Å². The molecule has 3 heterocycles. The van der Waals surface area contributed by atoms with Crippen molar-refractivity contribution in [3.8, 4) is 22.3 Å². The van der Waals surface area contributed by atoms with Gasteiger partial charge in [-0.25, -0.2) is 0 Å². The van der Waals surface area contributed by atoms with Crippen molar-refractivity contribution >= 4 is 12.8 Å². The van der Waals surface area contributed by atoms with E-state index < -0.39 is 12.8 Å². The fraction of sp³-hybridized carbons (Fsp3) is 0.471. The van der Waals surface area contributed by atoms with Crippen LogP contribution in [0.5, 0.6) is 0 Å². The molecule has 212 valence electrons. The number of unbranched alkanes of at least 4 members (excludes halogenated alkanes) is 4. The molecule has 1 aliphatic heterocycles. The first-order chi connectivity index (χ1) is 19.6. The van der Waals surface area contributed by atoms with Gasteiger partial charge in [-0.2, -0.15) is 0 Å². The zero-order chi connectivity index (χ0) is 28.0. The number of hydrogen-bond donors (Lipinski definition) is 0. The highest BCUT2D eigenvalue weighted by molar-refractivity contribution is 6.74. The molecule has 2 aromatic heterocycles. The number of fused-ring (bicyclic) bond motifs is 2. The van der Waals surface area contributed by atoms with Gasteiger partial charge in [-0.1, -0.05) is 165 Å². The number of hydrogen-bond acceptors (Lipinski definition) is 0. The molecule has 0 fully saturated rings. The van der Waals surface area contributed by atoms with Crippen molar-refractivity contribution in [3.05, 3.63) is 85.5 Å². The quantitative estimate of drug-likeness (QED) is 0.144. The van der Waals surface area contributed by atoms with Crippen molar-refractivity contribution in [1.29, 1.82) is 0 Å². The van der Waals surface area contributed by atoms with Crippen molar-refractivity contribution in [2.24, 2.45) is 0 Å². The van der Waals surface area contributed by atoms with E-state index in [1.165, 1.54) is 98.9 Å². The third-order valence-corrected chi connectivity index (χ3v) is 9.88. The van der Waals surface area contributed by atoms with Gasteiger partial charge in [0.05, 0.1) is 11.1 Å². The molecule has 0 saturated heterocycles. The molecule has 2 aromatic carbocycles. The Labute approximate surface area is 242 Å². The highest BCUT2D eigenvalue weighted by Crippen LogP contribution is 2.33. The average Bonchev–Trinajstić information content (AvgIpc) is 3.67. The van der Waals surface area contributed by atoms with Gasteiger partial charge in [0.15, 0.2) is 0 Å². The molecular weight excluding hydrogens is 486 g/mol. The van der Waals surface area contributed by atoms with Gasteiger partial charge in [-0.3, -0.25) is 0 Å². The molecule has 0 atom stereocenters. The smallest absolute Gasteiger partial charge is 0.342 e. The van der Waals surface area contributed by atoms with E-state index in [-0.39, 0.29) is 0 Å². The first-order valence-corrected chi connectivity index (χ1v) is 16.4. The largest absolute Gasteiger partial charge is 0.439 e. The van der Waals surface area contributed by atoms with Crippen LogP contribution < -0.4 is 9.19 Å². The predicted octanol–water partition coefficient (Wildman–Crippen LogP) is 8.39. The molecular formula is C34H50B2N4. The summed E-state index contributed by atoms with van der Waals surface area (Å²) < 4.78 is 11.1. The van der Waals surface area contributed by atoms with Gasteiger partial charge in [-0.15, -0.1) is 0 Å². The lowest BCUT2D eigenvalue weighted by molar-refractivity contribution is -0.716. The van der Waals surface area contributed by atoms with Gasteiger partial charge in [0.2, 0.25) is 0 Å². The number of rotatable bonds is 14. The Morgan fingerprint density at radius 1 is 0.475 bits per heavy atom. The van der Waals surface area contributed by atoms with E-state index >= 15 is 0 Å². The molecule has 0 radical (unpaired) electrons. The lowest BCUT2D eigenvalue weighted by Gasteiger charge is -2.48.